The van der Waals surface area contributed by atoms with E-state index < -0.39 is 0 Å². The normalized spacial score (nSPS) is 11.5. The van der Waals surface area contributed by atoms with Crippen LogP contribution in [-0.2, 0) is 0 Å². The van der Waals surface area contributed by atoms with Crippen molar-refractivity contribution >= 4 is 0 Å². The molecule has 1 atom stereocenters. The number of rotatable bonds is 7. The SMILES string of the molecule is CCCCC(C)C[C-](c1ccccc1)c1ccccc1.[Li+]. The topological polar surface area (TPSA) is 0 Å². The average molecular weight is 272 g/mol. The third kappa shape index (κ3) is 5.66. The molecule has 0 nitrogen and oxygen atoms in total. The second-order valence-electron chi connectivity index (χ2n) is 5.66. The summed E-state index contributed by atoms with van der Waals surface area (Å²) in [4.78, 5) is 0. The van der Waals surface area contributed by atoms with E-state index in [-0.39, 0.29) is 18.9 Å². The first-order chi connectivity index (χ1) is 9.81. The first-order valence-corrected chi connectivity index (χ1v) is 7.78. The van der Waals surface area contributed by atoms with Gasteiger partial charge in [0.15, 0.2) is 0 Å². The Morgan fingerprint density at radius 2 is 1.33 bits per heavy atom. The van der Waals surface area contributed by atoms with Crippen molar-refractivity contribution in [2.75, 3.05) is 0 Å². The van der Waals surface area contributed by atoms with Gasteiger partial charge < -0.3 is 0 Å². The molecule has 21 heavy (non-hydrogen) atoms. The molecule has 0 amide bonds. The molecule has 106 valence electrons. The molecule has 0 spiro atoms. The quantitative estimate of drug-likeness (QED) is 0.537. The van der Waals surface area contributed by atoms with Crippen molar-refractivity contribution in [1.29, 1.82) is 0 Å². The summed E-state index contributed by atoms with van der Waals surface area (Å²) in [5.41, 5.74) is 2.73. The third-order valence-electron chi connectivity index (χ3n) is 3.85. The molecule has 2 aromatic carbocycles. The maximum atomic E-state index is 2.38. The summed E-state index contributed by atoms with van der Waals surface area (Å²) < 4.78 is 0. The van der Waals surface area contributed by atoms with Crippen molar-refractivity contribution < 1.29 is 18.9 Å². The predicted octanol–water partition coefficient (Wildman–Crippen LogP) is 2.88. The van der Waals surface area contributed by atoms with Crippen LogP contribution in [0.25, 0.3) is 0 Å². The molecule has 0 saturated carbocycles. The van der Waals surface area contributed by atoms with Gasteiger partial charge >= 0.3 is 18.9 Å². The van der Waals surface area contributed by atoms with Crippen LogP contribution in [0.2, 0.25) is 0 Å². The van der Waals surface area contributed by atoms with E-state index in [1.165, 1.54) is 36.3 Å². The minimum atomic E-state index is 0. The van der Waals surface area contributed by atoms with Gasteiger partial charge in [-0.05, 0) is 5.92 Å². The van der Waals surface area contributed by atoms with Crippen LogP contribution >= 0.6 is 0 Å². The van der Waals surface area contributed by atoms with E-state index >= 15 is 0 Å². The van der Waals surface area contributed by atoms with Gasteiger partial charge in [0, 0.05) is 0 Å². The smallest absolute Gasteiger partial charge is 0.120 e. The van der Waals surface area contributed by atoms with Crippen molar-refractivity contribution in [2.24, 2.45) is 5.92 Å². The van der Waals surface area contributed by atoms with Gasteiger partial charge in [-0.1, -0.05) is 75.9 Å². The van der Waals surface area contributed by atoms with Crippen molar-refractivity contribution in [3.05, 3.63) is 77.7 Å². The molecule has 1 heteroatoms. The van der Waals surface area contributed by atoms with Crippen molar-refractivity contribution in [3.63, 3.8) is 0 Å². The molecular formula is C20H25Li. The second-order valence-corrected chi connectivity index (χ2v) is 5.66. The summed E-state index contributed by atoms with van der Waals surface area (Å²) in [5, 5.41) is 0. The second kappa shape index (κ2) is 9.77. The first-order valence-electron chi connectivity index (χ1n) is 7.78. The van der Waals surface area contributed by atoms with Crippen LogP contribution in [0.1, 0.15) is 50.7 Å². The minimum absolute atomic E-state index is 0. The van der Waals surface area contributed by atoms with Crippen LogP contribution in [0, 0.1) is 11.8 Å². The van der Waals surface area contributed by atoms with E-state index in [1.807, 2.05) is 0 Å². The Hall–Kier alpha value is -1.09. The molecule has 0 bridgehead atoms. The van der Waals surface area contributed by atoms with Crippen LogP contribution in [0.3, 0.4) is 0 Å². The molecule has 0 N–H and O–H groups in total. The van der Waals surface area contributed by atoms with E-state index in [9.17, 15) is 0 Å². The molecule has 0 aliphatic rings. The molecule has 0 radical (unpaired) electrons. The fraction of sp³-hybridized carbons (Fsp3) is 0.350. The summed E-state index contributed by atoms with van der Waals surface area (Å²) in [7, 11) is 0. The van der Waals surface area contributed by atoms with Gasteiger partial charge in [0.1, 0.15) is 0 Å². The van der Waals surface area contributed by atoms with Gasteiger partial charge in [0.05, 0.1) is 0 Å². The Balaban J connectivity index is 0.00000220. The summed E-state index contributed by atoms with van der Waals surface area (Å²) in [6.45, 7) is 4.65. The standard InChI is InChI=1S/C20H25.Li/c1-3-4-11-17(2)16-20(18-12-7-5-8-13-18)19-14-9-6-10-15-19;/h5-10,12-15,17H,3-4,11,16H2,1-2H3;/q-1;+1. The zero-order valence-electron chi connectivity index (χ0n) is 13.7. The van der Waals surface area contributed by atoms with Gasteiger partial charge in [0.25, 0.3) is 0 Å². The summed E-state index contributed by atoms with van der Waals surface area (Å²) in [5.74, 6) is 2.22. The van der Waals surface area contributed by atoms with Crippen LogP contribution in [0.5, 0.6) is 0 Å². The van der Waals surface area contributed by atoms with Crippen LogP contribution in [0.15, 0.2) is 60.7 Å². The zero-order chi connectivity index (χ0) is 14.2. The maximum Gasteiger partial charge on any atom is 1.00 e. The van der Waals surface area contributed by atoms with E-state index in [1.54, 1.807) is 0 Å². The summed E-state index contributed by atoms with van der Waals surface area (Å²) >= 11 is 0. The Morgan fingerprint density at radius 3 is 1.76 bits per heavy atom. The Bertz CT molecular complexity index is 438. The molecule has 0 fully saturated rings. The van der Waals surface area contributed by atoms with Crippen molar-refractivity contribution in [1.82, 2.24) is 0 Å². The number of unbranched alkanes of at least 4 members (excludes halogenated alkanes) is 1. The molecule has 0 saturated heterocycles. The minimum Gasteiger partial charge on any atom is -0.120 e. The molecule has 2 aromatic rings. The Morgan fingerprint density at radius 1 is 0.857 bits per heavy atom. The number of benzene rings is 2. The monoisotopic (exact) mass is 272 g/mol. The van der Waals surface area contributed by atoms with Gasteiger partial charge in [-0.3, -0.25) is 0 Å². The molecule has 0 aromatic heterocycles. The maximum absolute atomic E-state index is 2.38. The molecule has 2 rings (SSSR count). The van der Waals surface area contributed by atoms with Gasteiger partial charge in [-0.15, -0.1) is 41.3 Å². The average Bonchev–Trinajstić information content (AvgIpc) is 2.52. The molecule has 1 unspecified atom stereocenters. The molecule has 0 aliphatic carbocycles. The van der Waals surface area contributed by atoms with E-state index in [4.69, 9.17) is 0 Å². The zero-order valence-corrected chi connectivity index (χ0v) is 13.7. The summed E-state index contributed by atoms with van der Waals surface area (Å²) in [6, 6.07) is 21.6. The van der Waals surface area contributed by atoms with Crippen LogP contribution in [-0.4, -0.2) is 0 Å². The largest absolute Gasteiger partial charge is 1.00 e. The van der Waals surface area contributed by atoms with Gasteiger partial charge in [0.2, 0.25) is 0 Å². The van der Waals surface area contributed by atoms with Crippen LogP contribution < -0.4 is 18.9 Å². The van der Waals surface area contributed by atoms with Gasteiger partial charge in [-0.25, -0.2) is 0 Å². The van der Waals surface area contributed by atoms with E-state index in [2.05, 4.69) is 74.5 Å². The summed E-state index contributed by atoms with van der Waals surface area (Å²) in [6.07, 6.45) is 5.10. The van der Waals surface area contributed by atoms with Crippen molar-refractivity contribution in [3.8, 4) is 0 Å². The van der Waals surface area contributed by atoms with E-state index in [0.29, 0.717) is 0 Å². The number of hydrogen-bond acceptors (Lipinski definition) is 0. The fourth-order valence-corrected chi connectivity index (χ4v) is 2.68. The molecule has 0 aliphatic heterocycles. The Labute approximate surface area is 142 Å². The third-order valence-corrected chi connectivity index (χ3v) is 3.85. The first kappa shape index (κ1) is 18.0. The number of hydrogen-bond donors (Lipinski definition) is 0. The van der Waals surface area contributed by atoms with E-state index in [0.717, 1.165) is 12.3 Å². The fourth-order valence-electron chi connectivity index (χ4n) is 2.68. The van der Waals surface area contributed by atoms with Crippen LogP contribution in [0.4, 0.5) is 0 Å². The molecule has 0 heterocycles. The molecular weight excluding hydrogens is 247 g/mol. The van der Waals surface area contributed by atoms with Crippen molar-refractivity contribution in [2.45, 2.75) is 39.5 Å². The van der Waals surface area contributed by atoms with Gasteiger partial charge in [-0.2, -0.15) is 0 Å². The Kier molecular flexibility index (Phi) is 8.36. The predicted molar refractivity (Wildman–Crippen MR) is 87.6 cm³/mol.